The number of nitrogens with one attached hydrogen (secondary N) is 1. The molecule has 0 saturated heterocycles. The highest BCUT2D eigenvalue weighted by atomic mass is 32.2. The zero-order chi connectivity index (χ0) is 23.7. The van der Waals surface area contributed by atoms with Crippen molar-refractivity contribution in [2.45, 2.75) is 31.5 Å². The fourth-order valence-corrected chi connectivity index (χ4v) is 4.76. The van der Waals surface area contributed by atoms with Gasteiger partial charge >= 0.3 is 6.18 Å². The number of sulfonamides is 1. The number of phenols is 1. The van der Waals surface area contributed by atoms with E-state index in [-0.39, 0.29) is 34.7 Å². The molecule has 172 valence electrons. The molecule has 3 rings (SSSR count). The van der Waals surface area contributed by atoms with Gasteiger partial charge in [0.05, 0.1) is 21.6 Å². The maximum atomic E-state index is 13.4. The van der Waals surface area contributed by atoms with Crippen molar-refractivity contribution in [1.29, 1.82) is 0 Å². The normalized spacial score (nSPS) is 12.4. The number of hydrogen-bond donors (Lipinski definition) is 2. The standard InChI is InChI=1S/C20H21F3N4O4S/c1-3-26(4-2)32(30,31)13-9-10-17(28)15(11-13)24-18(29)12-27-16-8-6-5-7-14(16)25-19(27)20(21,22)23/h5-11,28H,3-4,12H2,1-2H3,(H,24,29). The van der Waals surface area contributed by atoms with Crippen molar-refractivity contribution in [3.05, 3.63) is 48.3 Å². The van der Waals surface area contributed by atoms with Gasteiger partial charge in [0.2, 0.25) is 21.8 Å². The van der Waals surface area contributed by atoms with Crippen molar-refractivity contribution in [1.82, 2.24) is 13.9 Å². The minimum absolute atomic E-state index is 0.0720. The highest BCUT2D eigenvalue weighted by Crippen LogP contribution is 2.32. The number of hydrogen-bond acceptors (Lipinski definition) is 5. The van der Waals surface area contributed by atoms with Crippen LogP contribution in [0.15, 0.2) is 47.4 Å². The van der Waals surface area contributed by atoms with E-state index < -0.39 is 40.2 Å². The lowest BCUT2D eigenvalue weighted by Crippen LogP contribution is -2.30. The van der Waals surface area contributed by atoms with Gasteiger partial charge in [-0.05, 0) is 30.3 Å². The van der Waals surface area contributed by atoms with E-state index in [1.54, 1.807) is 13.8 Å². The number of fused-ring (bicyclic) bond motifs is 1. The summed E-state index contributed by atoms with van der Waals surface area (Å²) in [4.78, 5) is 16.0. The summed E-state index contributed by atoms with van der Waals surface area (Å²) in [5.74, 6) is -2.56. The van der Waals surface area contributed by atoms with E-state index in [0.717, 1.165) is 16.7 Å². The number of aromatic nitrogens is 2. The summed E-state index contributed by atoms with van der Waals surface area (Å²) < 4.78 is 67.6. The smallest absolute Gasteiger partial charge is 0.449 e. The molecule has 0 radical (unpaired) electrons. The van der Waals surface area contributed by atoms with E-state index in [4.69, 9.17) is 0 Å². The summed E-state index contributed by atoms with van der Waals surface area (Å²) >= 11 is 0. The molecule has 2 N–H and O–H groups in total. The number of nitrogens with zero attached hydrogens (tertiary/aromatic N) is 3. The molecule has 8 nitrogen and oxygen atoms in total. The van der Waals surface area contributed by atoms with Gasteiger partial charge in [-0.1, -0.05) is 26.0 Å². The van der Waals surface area contributed by atoms with E-state index in [1.807, 2.05) is 0 Å². The highest BCUT2D eigenvalue weighted by molar-refractivity contribution is 7.89. The maximum Gasteiger partial charge on any atom is 0.449 e. The number of carbonyl (C=O) groups is 1. The number of halogens is 3. The van der Waals surface area contributed by atoms with E-state index in [0.29, 0.717) is 0 Å². The van der Waals surface area contributed by atoms with Crippen LogP contribution in [0.2, 0.25) is 0 Å². The van der Waals surface area contributed by atoms with Gasteiger partial charge in [0.1, 0.15) is 12.3 Å². The van der Waals surface area contributed by atoms with E-state index in [1.165, 1.54) is 34.6 Å². The first-order chi connectivity index (χ1) is 15.0. The third-order valence-corrected chi connectivity index (χ3v) is 6.84. The van der Waals surface area contributed by atoms with Crippen molar-refractivity contribution in [3.63, 3.8) is 0 Å². The van der Waals surface area contributed by atoms with Crippen LogP contribution < -0.4 is 5.32 Å². The first-order valence-electron chi connectivity index (χ1n) is 9.64. The van der Waals surface area contributed by atoms with Crippen LogP contribution in [-0.2, 0) is 27.5 Å². The summed E-state index contributed by atoms with van der Waals surface area (Å²) in [7, 11) is -3.87. The Hall–Kier alpha value is -3.12. The molecular weight excluding hydrogens is 449 g/mol. The Kier molecular flexibility index (Phi) is 6.46. The Balaban J connectivity index is 1.93. The summed E-state index contributed by atoms with van der Waals surface area (Å²) in [6.07, 6.45) is -4.79. The number of imidazole rings is 1. The molecule has 3 aromatic rings. The summed E-state index contributed by atoms with van der Waals surface area (Å²) in [5.41, 5.74) is -0.0546. The monoisotopic (exact) mass is 470 g/mol. The molecule has 0 aliphatic rings. The molecule has 0 aliphatic carbocycles. The second-order valence-corrected chi connectivity index (χ2v) is 8.76. The van der Waals surface area contributed by atoms with Crippen LogP contribution in [0, 0.1) is 0 Å². The molecule has 0 fully saturated rings. The Morgan fingerprint density at radius 2 is 1.81 bits per heavy atom. The van der Waals surface area contributed by atoms with Crippen LogP contribution in [0.4, 0.5) is 18.9 Å². The summed E-state index contributed by atoms with van der Waals surface area (Å²) in [5, 5.41) is 12.4. The Morgan fingerprint density at radius 1 is 1.16 bits per heavy atom. The Bertz CT molecular complexity index is 1250. The minimum atomic E-state index is -4.79. The van der Waals surface area contributed by atoms with Gasteiger partial charge in [-0.25, -0.2) is 13.4 Å². The molecule has 0 aliphatic heterocycles. The third kappa shape index (κ3) is 4.55. The number of para-hydroxylation sites is 2. The topological polar surface area (TPSA) is 105 Å². The van der Waals surface area contributed by atoms with Crippen LogP contribution in [0.3, 0.4) is 0 Å². The molecule has 1 aromatic heterocycles. The van der Waals surface area contributed by atoms with Crippen LogP contribution in [-0.4, -0.2) is 46.4 Å². The fraction of sp³-hybridized carbons (Fsp3) is 0.300. The van der Waals surface area contributed by atoms with Crippen LogP contribution >= 0.6 is 0 Å². The number of benzene rings is 2. The number of carbonyl (C=O) groups excluding carboxylic acids is 1. The van der Waals surface area contributed by atoms with E-state index in [9.17, 15) is 31.5 Å². The molecule has 1 amide bonds. The van der Waals surface area contributed by atoms with Crippen molar-refractivity contribution < 1.29 is 31.5 Å². The van der Waals surface area contributed by atoms with Gasteiger partial charge in [0, 0.05) is 13.1 Å². The predicted octanol–water partition coefficient (Wildman–Crippen LogP) is 3.43. The van der Waals surface area contributed by atoms with Crippen LogP contribution in [0.25, 0.3) is 11.0 Å². The minimum Gasteiger partial charge on any atom is -0.506 e. The molecule has 0 atom stereocenters. The second kappa shape index (κ2) is 8.79. The first kappa shape index (κ1) is 23.5. The zero-order valence-corrected chi connectivity index (χ0v) is 18.0. The van der Waals surface area contributed by atoms with E-state index in [2.05, 4.69) is 10.3 Å². The number of amides is 1. The molecule has 0 spiro atoms. The maximum absolute atomic E-state index is 13.4. The van der Waals surface area contributed by atoms with Gasteiger partial charge in [0.15, 0.2) is 0 Å². The molecule has 32 heavy (non-hydrogen) atoms. The molecule has 0 unspecified atom stereocenters. The van der Waals surface area contributed by atoms with Crippen molar-refractivity contribution in [2.24, 2.45) is 0 Å². The molecule has 2 aromatic carbocycles. The van der Waals surface area contributed by atoms with Gasteiger partial charge in [0.25, 0.3) is 0 Å². The highest BCUT2D eigenvalue weighted by Gasteiger charge is 2.38. The third-order valence-electron chi connectivity index (χ3n) is 4.80. The van der Waals surface area contributed by atoms with Crippen molar-refractivity contribution >= 4 is 32.7 Å². The summed E-state index contributed by atoms with van der Waals surface area (Å²) in [6.45, 7) is 3.02. The Morgan fingerprint density at radius 3 is 2.44 bits per heavy atom. The SMILES string of the molecule is CCN(CC)S(=O)(=O)c1ccc(O)c(NC(=O)Cn2c(C(F)(F)F)nc3ccccc32)c1. The number of rotatable bonds is 7. The molecule has 0 saturated carbocycles. The summed E-state index contributed by atoms with van der Waals surface area (Å²) in [6, 6.07) is 9.19. The van der Waals surface area contributed by atoms with Crippen molar-refractivity contribution in [3.8, 4) is 5.75 Å². The lowest BCUT2D eigenvalue weighted by Gasteiger charge is -2.19. The fourth-order valence-electron chi connectivity index (χ4n) is 3.27. The van der Waals surface area contributed by atoms with Crippen molar-refractivity contribution in [2.75, 3.05) is 18.4 Å². The molecule has 12 heteroatoms. The molecule has 1 heterocycles. The van der Waals surface area contributed by atoms with Crippen LogP contribution in [0.5, 0.6) is 5.75 Å². The number of phenolic OH excluding ortho intramolecular Hbond substituents is 1. The quantitative estimate of drug-likeness (QED) is 0.515. The lowest BCUT2D eigenvalue weighted by atomic mass is 10.3. The Labute approximate surface area is 182 Å². The average Bonchev–Trinajstić information content (AvgIpc) is 3.09. The number of alkyl halides is 3. The van der Waals surface area contributed by atoms with Crippen LogP contribution in [0.1, 0.15) is 19.7 Å². The van der Waals surface area contributed by atoms with E-state index >= 15 is 0 Å². The lowest BCUT2D eigenvalue weighted by molar-refractivity contribution is -0.147. The first-order valence-corrected chi connectivity index (χ1v) is 11.1. The largest absolute Gasteiger partial charge is 0.506 e. The molecule has 0 bridgehead atoms. The predicted molar refractivity (Wildman–Crippen MR) is 112 cm³/mol. The number of aromatic hydroxyl groups is 1. The van der Waals surface area contributed by atoms with Gasteiger partial charge in [-0.2, -0.15) is 17.5 Å². The van der Waals surface area contributed by atoms with Gasteiger partial charge in [-0.15, -0.1) is 0 Å². The average molecular weight is 470 g/mol. The molecular formula is C20H21F3N4O4S. The van der Waals surface area contributed by atoms with Gasteiger partial charge < -0.3 is 15.0 Å². The van der Waals surface area contributed by atoms with Gasteiger partial charge in [-0.3, -0.25) is 4.79 Å². The number of anilines is 1. The zero-order valence-electron chi connectivity index (χ0n) is 17.2. The second-order valence-electron chi connectivity index (χ2n) is 6.82.